The van der Waals surface area contributed by atoms with Crippen molar-refractivity contribution in [1.82, 2.24) is 4.57 Å². The summed E-state index contributed by atoms with van der Waals surface area (Å²) in [7, 11) is -2.86. The number of aromatic nitrogens is 1. The van der Waals surface area contributed by atoms with Crippen LogP contribution >= 0.6 is 0 Å². The van der Waals surface area contributed by atoms with Gasteiger partial charge < -0.3 is 4.57 Å². The number of carbonyl (C=O) groups excluding carboxylic acids is 1. The van der Waals surface area contributed by atoms with Crippen LogP contribution in [0, 0.1) is 0 Å². The summed E-state index contributed by atoms with van der Waals surface area (Å²) in [6, 6.07) is 85.8. The van der Waals surface area contributed by atoms with Crippen molar-refractivity contribution in [1.29, 1.82) is 0 Å². The standard InChI is InChI=1S/C62H45NOSi/c64-43-44-30-34-49(35-31-44)63-60-29-17-16-28-56(60)57-40-45(33-39-61(57)63)46-32-37-54-55-38-36-53(42-59(55)62(58(54)41-46,47-18-6-1-7-19-47)48-20-8-2-9-21-48)65(50-22-10-3-11-23-50,51-24-12-4-13-25-51)52-26-14-5-15-27-52/h1-16,18-28,30-43H,17,29H2. The molecule has 308 valence electrons. The van der Waals surface area contributed by atoms with Gasteiger partial charge in [-0.3, -0.25) is 4.79 Å². The lowest BCUT2D eigenvalue weighted by molar-refractivity contribution is 0.112. The van der Waals surface area contributed by atoms with Crippen molar-refractivity contribution in [3.63, 3.8) is 0 Å². The first-order chi connectivity index (χ1) is 32.2. The Morgan fingerprint density at radius 2 is 0.985 bits per heavy atom. The van der Waals surface area contributed by atoms with E-state index in [1.807, 2.05) is 12.1 Å². The summed E-state index contributed by atoms with van der Waals surface area (Å²) in [5.74, 6) is 0. The van der Waals surface area contributed by atoms with E-state index in [4.69, 9.17) is 0 Å². The highest BCUT2D eigenvalue weighted by molar-refractivity contribution is 7.19. The Hall–Kier alpha value is -7.85. The molecule has 0 saturated carbocycles. The minimum Gasteiger partial charge on any atom is -0.313 e. The molecule has 12 rings (SSSR count). The zero-order chi connectivity index (χ0) is 43.4. The molecule has 0 saturated heterocycles. The molecule has 2 nitrogen and oxygen atoms in total. The lowest BCUT2D eigenvalue weighted by Crippen LogP contribution is -2.74. The number of benzene rings is 9. The Balaban J connectivity index is 1.11. The fraction of sp³-hybridized carbons (Fsp3) is 0.0484. The summed E-state index contributed by atoms with van der Waals surface area (Å²) in [5, 5.41) is 6.68. The zero-order valence-electron chi connectivity index (χ0n) is 35.9. The van der Waals surface area contributed by atoms with Gasteiger partial charge in [-0.15, -0.1) is 0 Å². The van der Waals surface area contributed by atoms with E-state index >= 15 is 0 Å². The van der Waals surface area contributed by atoms with Crippen molar-refractivity contribution in [3.05, 3.63) is 276 Å². The molecule has 0 unspecified atom stereocenters. The van der Waals surface area contributed by atoms with Gasteiger partial charge in [-0.05, 0) is 121 Å². The minimum absolute atomic E-state index is 0.605. The number of nitrogens with zero attached hydrogens (tertiary/aromatic N) is 1. The second kappa shape index (κ2) is 15.7. The fourth-order valence-corrected chi connectivity index (χ4v) is 16.1. The van der Waals surface area contributed by atoms with Crippen LogP contribution < -0.4 is 20.7 Å². The Kier molecular flexibility index (Phi) is 9.40. The predicted molar refractivity (Wildman–Crippen MR) is 272 cm³/mol. The number of aldehydes is 1. The fourth-order valence-electron chi connectivity index (χ4n) is 11.4. The predicted octanol–water partition coefficient (Wildman–Crippen LogP) is 11.8. The Labute approximate surface area is 381 Å². The van der Waals surface area contributed by atoms with Crippen molar-refractivity contribution in [3.8, 4) is 27.9 Å². The Morgan fingerprint density at radius 1 is 0.477 bits per heavy atom. The van der Waals surface area contributed by atoms with Crippen LogP contribution in [0.25, 0.3) is 44.9 Å². The van der Waals surface area contributed by atoms with Crippen LogP contribution in [0.1, 0.15) is 50.3 Å². The number of carbonyl (C=O) groups is 1. The number of hydrogen-bond donors (Lipinski definition) is 0. The highest BCUT2D eigenvalue weighted by Gasteiger charge is 2.49. The van der Waals surface area contributed by atoms with Crippen molar-refractivity contribution >= 4 is 52.1 Å². The van der Waals surface area contributed by atoms with E-state index in [2.05, 4.69) is 235 Å². The third-order valence-corrected chi connectivity index (χ3v) is 18.9. The van der Waals surface area contributed by atoms with Gasteiger partial charge in [0.2, 0.25) is 0 Å². The van der Waals surface area contributed by atoms with E-state index < -0.39 is 13.5 Å². The number of rotatable bonds is 9. The van der Waals surface area contributed by atoms with Gasteiger partial charge in [0, 0.05) is 27.9 Å². The van der Waals surface area contributed by atoms with Crippen LogP contribution in [0.2, 0.25) is 0 Å². The third kappa shape index (κ3) is 5.96. The average Bonchev–Trinajstić information content (AvgIpc) is 3.88. The van der Waals surface area contributed by atoms with Gasteiger partial charge in [-0.2, -0.15) is 0 Å². The second-order valence-electron chi connectivity index (χ2n) is 17.4. The first-order valence-corrected chi connectivity index (χ1v) is 24.7. The van der Waals surface area contributed by atoms with Gasteiger partial charge in [0.1, 0.15) is 6.29 Å². The second-order valence-corrected chi connectivity index (χ2v) is 21.2. The molecule has 2 aliphatic carbocycles. The van der Waals surface area contributed by atoms with E-state index in [1.165, 1.54) is 87.4 Å². The molecule has 2 aliphatic rings. The number of fused-ring (bicyclic) bond motifs is 6. The summed E-state index contributed by atoms with van der Waals surface area (Å²) < 4.78 is 2.39. The molecule has 0 radical (unpaired) electrons. The molecule has 3 heteroatoms. The normalized spacial score (nSPS) is 13.5. The molecule has 1 heterocycles. The van der Waals surface area contributed by atoms with Crippen LogP contribution in [0.3, 0.4) is 0 Å². The Bertz CT molecular complexity index is 3270. The van der Waals surface area contributed by atoms with E-state index in [0.717, 1.165) is 24.8 Å². The van der Waals surface area contributed by atoms with Crippen LogP contribution in [0.15, 0.2) is 237 Å². The summed E-state index contributed by atoms with van der Waals surface area (Å²) in [6.07, 6.45) is 7.48. The SMILES string of the molecule is O=Cc1ccc(-n2c3c(c4cc(-c5ccc6c(c5)C(c5ccccc5)(c5ccccc5)c5cc([Si](c7ccccc7)(c7ccccc7)c7ccccc7)ccc5-6)ccc42)C=CCC3)cc1. The molecule has 0 N–H and O–H groups in total. The molecule has 9 aromatic carbocycles. The lowest BCUT2D eigenvalue weighted by Gasteiger charge is -2.37. The molecule has 0 aliphatic heterocycles. The van der Waals surface area contributed by atoms with Crippen molar-refractivity contribution < 1.29 is 4.79 Å². The highest BCUT2D eigenvalue weighted by Crippen LogP contribution is 2.56. The van der Waals surface area contributed by atoms with Crippen molar-refractivity contribution in [2.24, 2.45) is 0 Å². The molecule has 0 amide bonds. The molecule has 1 aromatic heterocycles. The van der Waals surface area contributed by atoms with Gasteiger partial charge in [0.25, 0.3) is 0 Å². The van der Waals surface area contributed by atoms with Crippen LogP contribution in [0.5, 0.6) is 0 Å². The maximum atomic E-state index is 11.6. The maximum absolute atomic E-state index is 11.6. The summed E-state index contributed by atoms with van der Waals surface area (Å²) >= 11 is 0. The summed E-state index contributed by atoms with van der Waals surface area (Å²) in [6.45, 7) is 0. The van der Waals surface area contributed by atoms with E-state index in [9.17, 15) is 4.79 Å². The minimum atomic E-state index is -2.86. The smallest absolute Gasteiger partial charge is 0.179 e. The van der Waals surface area contributed by atoms with Gasteiger partial charge in [-0.1, -0.05) is 200 Å². The molecule has 0 bridgehead atoms. The van der Waals surface area contributed by atoms with Crippen LogP contribution in [-0.2, 0) is 11.8 Å². The van der Waals surface area contributed by atoms with E-state index in [0.29, 0.717) is 5.56 Å². The largest absolute Gasteiger partial charge is 0.313 e. The van der Waals surface area contributed by atoms with Gasteiger partial charge in [0.05, 0.1) is 10.9 Å². The molecule has 0 fully saturated rings. The summed E-state index contributed by atoms with van der Waals surface area (Å²) in [5.41, 5.74) is 14.9. The maximum Gasteiger partial charge on any atom is 0.179 e. The van der Waals surface area contributed by atoms with Crippen LogP contribution in [0.4, 0.5) is 0 Å². The number of hydrogen-bond acceptors (Lipinski definition) is 1. The lowest BCUT2D eigenvalue weighted by atomic mass is 9.67. The third-order valence-electron chi connectivity index (χ3n) is 14.2. The molecule has 10 aromatic rings. The van der Waals surface area contributed by atoms with E-state index in [-0.39, 0.29) is 0 Å². The number of allylic oxidation sites excluding steroid dienone is 1. The van der Waals surface area contributed by atoms with Crippen molar-refractivity contribution in [2.45, 2.75) is 18.3 Å². The monoisotopic (exact) mass is 847 g/mol. The van der Waals surface area contributed by atoms with Gasteiger partial charge in [-0.25, -0.2) is 0 Å². The molecular formula is C62H45NOSi. The van der Waals surface area contributed by atoms with Gasteiger partial charge in [0.15, 0.2) is 8.07 Å². The Morgan fingerprint density at radius 3 is 1.55 bits per heavy atom. The first-order valence-electron chi connectivity index (χ1n) is 22.7. The molecule has 65 heavy (non-hydrogen) atoms. The zero-order valence-corrected chi connectivity index (χ0v) is 36.9. The molecule has 0 spiro atoms. The summed E-state index contributed by atoms with van der Waals surface area (Å²) in [4.78, 5) is 11.6. The van der Waals surface area contributed by atoms with E-state index in [1.54, 1.807) is 0 Å². The van der Waals surface area contributed by atoms with Gasteiger partial charge >= 0.3 is 0 Å². The van der Waals surface area contributed by atoms with Crippen LogP contribution in [-0.4, -0.2) is 18.9 Å². The van der Waals surface area contributed by atoms with Crippen molar-refractivity contribution in [2.75, 3.05) is 0 Å². The molecular weight excluding hydrogens is 803 g/mol. The first kappa shape index (κ1) is 38.8. The molecule has 0 atom stereocenters. The topological polar surface area (TPSA) is 22.0 Å². The average molecular weight is 848 g/mol. The highest BCUT2D eigenvalue weighted by atomic mass is 28.3. The quantitative estimate of drug-likeness (QED) is 0.0806.